The second-order valence-corrected chi connectivity index (χ2v) is 6.44. The Bertz CT molecular complexity index is 850. The van der Waals surface area contributed by atoms with Crippen LogP contribution in [-0.2, 0) is 16.0 Å². The average molecular weight is 372 g/mol. The van der Waals surface area contributed by atoms with E-state index in [0.717, 1.165) is 0 Å². The molecule has 0 aliphatic carbocycles. The number of rotatable bonds is 7. The zero-order valence-electron chi connectivity index (χ0n) is 16.1. The lowest BCUT2D eigenvalue weighted by molar-refractivity contribution is -0.115. The molecule has 2 N–H and O–H groups in total. The van der Waals surface area contributed by atoms with Crippen LogP contribution in [0.5, 0.6) is 5.75 Å². The summed E-state index contributed by atoms with van der Waals surface area (Å²) in [4.78, 5) is 39.1. The van der Waals surface area contributed by atoms with Gasteiger partial charge < -0.3 is 19.8 Å². The van der Waals surface area contributed by atoms with Gasteiger partial charge in [0.1, 0.15) is 5.75 Å². The van der Waals surface area contributed by atoms with Crippen LogP contribution in [0.25, 0.3) is 0 Å². The monoisotopic (exact) mass is 372 g/mol. The molecule has 7 nitrogen and oxygen atoms in total. The van der Waals surface area contributed by atoms with E-state index in [1.54, 1.807) is 31.2 Å². The van der Waals surface area contributed by atoms with Gasteiger partial charge in [-0.3, -0.25) is 9.59 Å². The Kier molecular flexibility index (Phi) is 6.39. The second kappa shape index (κ2) is 8.53. The number of esters is 1. The van der Waals surface area contributed by atoms with E-state index in [-0.39, 0.29) is 29.8 Å². The topological polar surface area (TPSA) is 97.5 Å². The van der Waals surface area contributed by atoms with Gasteiger partial charge in [0.15, 0.2) is 5.78 Å². The van der Waals surface area contributed by atoms with Crippen LogP contribution in [0.1, 0.15) is 52.9 Å². The fourth-order valence-electron chi connectivity index (χ4n) is 2.78. The van der Waals surface area contributed by atoms with Crippen LogP contribution in [0.4, 0.5) is 5.69 Å². The molecule has 27 heavy (non-hydrogen) atoms. The standard InChI is InChI=1S/C20H24N2O5/c1-11(2)27-15-8-6-14(7-9-15)21-17(24)10-16-18(20(25)26-5)12(3)19(22-16)13(4)23/h6-9,11,22H,10H2,1-5H3,(H,21,24). The molecule has 0 unspecified atom stereocenters. The highest BCUT2D eigenvalue weighted by atomic mass is 16.5. The molecule has 1 heterocycles. The van der Waals surface area contributed by atoms with E-state index in [1.807, 2.05) is 13.8 Å². The second-order valence-electron chi connectivity index (χ2n) is 6.44. The Labute approximate surface area is 158 Å². The maximum atomic E-state index is 12.4. The van der Waals surface area contributed by atoms with Crippen molar-refractivity contribution in [3.05, 3.63) is 46.8 Å². The number of ether oxygens (including phenoxy) is 2. The van der Waals surface area contributed by atoms with Gasteiger partial charge in [-0.05, 0) is 50.6 Å². The van der Waals surface area contributed by atoms with Gasteiger partial charge in [-0.2, -0.15) is 0 Å². The lowest BCUT2D eigenvalue weighted by Crippen LogP contribution is -2.17. The first-order chi connectivity index (χ1) is 12.7. The van der Waals surface area contributed by atoms with Gasteiger partial charge in [-0.15, -0.1) is 0 Å². The number of Topliss-reactive ketones (excluding diaryl/α,β-unsaturated/α-hetero) is 1. The number of methoxy groups -OCH3 is 1. The summed E-state index contributed by atoms with van der Waals surface area (Å²) in [6.07, 6.45) is -0.0308. The normalized spacial score (nSPS) is 10.6. The minimum Gasteiger partial charge on any atom is -0.491 e. The summed E-state index contributed by atoms with van der Waals surface area (Å²) in [5.41, 5.74) is 1.95. The van der Waals surface area contributed by atoms with Crippen molar-refractivity contribution in [2.45, 2.75) is 40.2 Å². The van der Waals surface area contributed by atoms with E-state index in [2.05, 4.69) is 10.3 Å². The third-order valence-corrected chi connectivity index (χ3v) is 3.92. The first-order valence-corrected chi connectivity index (χ1v) is 8.60. The molecule has 1 aromatic carbocycles. The smallest absolute Gasteiger partial charge is 0.339 e. The number of carbonyl (C=O) groups is 3. The van der Waals surface area contributed by atoms with Crippen LogP contribution in [0.3, 0.4) is 0 Å². The molecule has 0 fully saturated rings. The molecule has 2 aromatic rings. The number of hydrogen-bond donors (Lipinski definition) is 2. The zero-order valence-corrected chi connectivity index (χ0v) is 16.1. The number of anilines is 1. The van der Waals surface area contributed by atoms with E-state index in [9.17, 15) is 14.4 Å². The SMILES string of the molecule is COC(=O)c1c(CC(=O)Nc2ccc(OC(C)C)cc2)[nH]c(C(C)=O)c1C. The molecular formula is C20H24N2O5. The molecule has 2 rings (SSSR count). The van der Waals surface area contributed by atoms with Crippen LogP contribution in [0.2, 0.25) is 0 Å². The number of benzene rings is 1. The Morgan fingerprint density at radius 1 is 1.15 bits per heavy atom. The lowest BCUT2D eigenvalue weighted by Gasteiger charge is -2.10. The van der Waals surface area contributed by atoms with E-state index in [4.69, 9.17) is 9.47 Å². The summed E-state index contributed by atoms with van der Waals surface area (Å²) >= 11 is 0. The average Bonchev–Trinajstić information content (AvgIpc) is 2.91. The molecular weight excluding hydrogens is 348 g/mol. The van der Waals surface area contributed by atoms with Gasteiger partial charge >= 0.3 is 5.97 Å². The predicted octanol–water partition coefficient (Wildman–Crippen LogP) is 3.28. The fourth-order valence-corrected chi connectivity index (χ4v) is 2.78. The van der Waals surface area contributed by atoms with Crippen molar-refractivity contribution in [1.82, 2.24) is 4.98 Å². The summed E-state index contributed by atoms with van der Waals surface area (Å²) < 4.78 is 10.3. The number of aromatic amines is 1. The molecule has 0 bridgehead atoms. The highest BCUT2D eigenvalue weighted by Gasteiger charge is 2.24. The Hall–Kier alpha value is -3.09. The van der Waals surface area contributed by atoms with Crippen molar-refractivity contribution < 1.29 is 23.9 Å². The van der Waals surface area contributed by atoms with Crippen LogP contribution in [0, 0.1) is 6.92 Å². The summed E-state index contributed by atoms with van der Waals surface area (Å²) in [7, 11) is 1.26. The molecule has 7 heteroatoms. The van der Waals surface area contributed by atoms with E-state index < -0.39 is 5.97 Å². The van der Waals surface area contributed by atoms with E-state index in [0.29, 0.717) is 28.4 Å². The highest BCUT2D eigenvalue weighted by molar-refractivity contribution is 6.02. The van der Waals surface area contributed by atoms with Crippen LogP contribution in [-0.4, -0.2) is 35.9 Å². The van der Waals surface area contributed by atoms with Crippen molar-refractivity contribution in [3.8, 4) is 5.75 Å². The third-order valence-electron chi connectivity index (χ3n) is 3.92. The molecule has 0 aliphatic rings. The largest absolute Gasteiger partial charge is 0.491 e. The Morgan fingerprint density at radius 3 is 2.30 bits per heavy atom. The summed E-state index contributed by atoms with van der Waals surface area (Å²) in [5.74, 6) is -0.421. The lowest BCUT2D eigenvalue weighted by atomic mass is 10.1. The predicted molar refractivity (Wildman–Crippen MR) is 101 cm³/mol. The fraction of sp³-hybridized carbons (Fsp3) is 0.350. The van der Waals surface area contributed by atoms with Crippen molar-refractivity contribution in [3.63, 3.8) is 0 Å². The summed E-state index contributed by atoms with van der Waals surface area (Å²) in [5, 5.41) is 2.76. The number of H-pyrrole nitrogens is 1. The minimum absolute atomic E-state index is 0.0637. The Morgan fingerprint density at radius 2 is 1.78 bits per heavy atom. The molecule has 0 aliphatic heterocycles. The van der Waals surface area contributed by atoms with Crippen molar-refractivity contribution in [2.75, 3.05) is 12.4 Å². The Balaban J connectivity index is 2.16. The van der Waals surface area contributed by atoms with Gasteiger partial charge in [0.25, 0.3) is 0 Å². The van der Waals surface area contributed by atoms with Crippen molar-refractivity contribution >= 4 is 23.3 Å². The molecule has 144 valence electrons. The maximum Gasteiger partial charge on any atom is 0.339 e. The van der Waals surface area contributed by atoms with Crippen molar-refractivity contribution in [2.24, 2.45) is 0 Å². The van der Waals surface area contributed by atoms with Gasteiger partial charge in [-0.25, -0.2) is 4.79 Å². The minimum atomic E-state index is -0.589. The number of aromatic nitrogens is 1. The summed E-state index contributed by atoms with van der Waals surface area (Å²) in [6, 6.07) is 7.00. The zero-order chi connectivity index (χ0) is 20.1. The van der Waals surface area contributed by atoms with Crippen molar-refractivity contribution in [1.29, 1.82) is 0 Å². The molecule has 0 radical (unpaired) electrons. The van der Waals surface area contributed by atoms with Gasteiger partial charge in [0.05, 0.1) is 30.9 Å². The molecule has 0 atom stereocenters. The molecule has 1 aromatic heterocycles. The number of ketones is 1. The number of carbonyl (C=O) groups excluding carboxylic acids is 3. The molecule has 0 saturated heterocycles. The number of amides is 1. The highest BCUT2D eigenvalue weighted by Crippen LogP contribution is 2.22. The van der Waals surface area contributed by atoms with E-state index in [1.165, 1.54) is 14.0 Å². The van der Waals surface area contributed by atoms with Crippen LogP contribution in [0.15, 0.2) is 24.3 Å². The first-order valence-electron chi connectivity index (χ1n) is 8.60. The van der Waals surface area contributed by atoms with Gasteiger partial charge in [0.2, 0.25) is 5.91 Å². The summed E-state index contributed by atoms with van der Waals surface area (Å²) in [6.45, 7) is 6.91. The van der Waals surface area contributed by atoms with E-state index >= 15 is 0 Å². The van der Waals surface area contributed by atoms with Gasteiger partial charge in [-0.1, -0.05) is 0 Å². The molecule has 0 saturated carbocycles. The van der Waals surface area contributed by atoms with Crippen LogP contribution >= 0.6 is 0 Å². The maximum absolute atomic E-state index is 12.4. The number of hydrogen-bond acceptors (Lipinski definition) is 5. The molecule has 1 amide bonds. The third kappa shape index (κ3) is 4.97. The first kappa shape index (κ1) is 20.2. The molecule has 0 spiro atoms. The van der Waals surface area contributed by atoms with Crippen LogP contribution < -0.4 is 10.1 Å². The quantitative estimate of drug-likeness (QED) is 0.574. The van der Waals surface area contributed by atoms with Gasteiger partial charge in [0, 0.05) is 18.3 Å². The number of nitrogens with one attached hydrogen (secondary N) is 2.